The predicted octanol–water partition coefficient (Wildman–Crippen LogP) is 0.975. The molecule has 0 bridgehead atoms. The summed E-state index contributed by atoms with van der Waals surface area (Å²) in [6.07, 6.45) is 6.64. The molecule has 0 aromatic carbocycles. The zero-order chi connectivity index (χ0) is 7.23. The lowest BCUT2D eigenvalue weighted by molar-refractivity contribution is 0.0392. The summed E-state index contributed by atoms with van der Waals surface area (Å²) in [5, 5.41) is 0. The van der Waals surface area contributed by atoms with Crippen molar-refractivity contribution in [1.29, 1.82) is 0 Å². The molecule has 0 heterocycles. The van der Waals surface area contributed by atoms with E-state index in [-0.39, 0.29) is 0 Å². The lowest BCUT2D eigenvalue weighted by Gasteiger charge is -2.22. The van der Waals surface area contributed by atoms with Crippen LogP contribution in [0.3, 0.4) is 0 Å². The molecular weight excluding hydrogens is 128 g/mol. The molecule has 0 aromatic heterocycles. The zero-order valence-corrected chi connectivity index (χ0v) is 6.52. The Balaban J connectivity index is 2.02. The summed E-state index contributed by atoms with van der Waals surface area (Å²) >= 11 is 0. The highest BCUT2D eigenvalue weighted by Gasteiger charge is 2.11. The first-order valence-corrected chi connectivity index (χ1v) is 3.97. The maximum atomic E-state index is 4.68. The summed E-state index contributed by atoms with van der Waals surface area (Å²) in [7, 11) is 1.62. The zero-order valence-electron chi connectivity index (χ0n) is 6.52. The van der Waals surface area contributed by atoms with E-state index in [1.807, 2.05) is 0 Å². The van der Waals surface area contributed by atoms with E-state index in [9.17, 15) is 0 Å². The van der Waals surface area contributed by atoms with E-state index in [2.05, 4.69) is 15.9 Å². The van der Waals surface area contributed by atoms with Gasteiger partial charge in [-0.05, 0) is 12.8 Å². The third kappa shape index (κ3) is 2.64. The third-order valence-corrected chi connectivity index (χ3v) is 1.97. The minimum atomic E-state index is 0.619. The molecule has 3 heteroatoms. The van der Waals surface area contributed by atoms with Gasteiger partial charge in [0.25, 0.3) is 0 Å². The molecule has 60 valence electrons. The Morgan fingerprint density at radius 3 is 2.50 bits per heavy atom. The van der Waals surface area contributed by atoms with Crippen molar-refractivity contribution >= 4 is 0 Å². The highest BCUT2D eigenvalue weighted by Crippen LogP contribution is 2.16. The normalized spacial score (nSPS) is 21.3. The quantitative estimate of drug-likeness (QED) is 0.579. The van der Waals surface area contributed by atoms with Gasteiger partial charge in [0.1, 0.15) is 0 Å². The Bertz CT molecular complexity index is 81.7. The topological polar surface area (TPSA) is 33.3 Å². The Kier molecular flexibility index (Phi) is 3.72. The molecule has 2 N–H and O–H groups in total. The molecule has 1 aliphatic carbocycles. The molecule has 1 rings (SSSR count). The summed E-state index contributed by atoms with van der Waals surface area (Å²) in [5.74, 6) is 0. The SMILES string of the molecule is CONNC1CCCCC1. The average molecular weight is 144 g/mol. The van der Waals surface area contributed by atoms with Crippen LogP contribution in [0.25, 0.3) is 0 Å². The van der Waals surface area contributed by atoms with Crippen molar-refractivity contribution < 1.29 is 4.84 Å². The van der Waals surface area contributed by atoms with E-state index in [0.717, 1.165) is 0 Å². The van der Waals surface area contributed by atoms with Gasteiger partial charge in [0.2, 0.25) is 0 Å². The molecule has 0 radical (unpaired) electrons. The van der Waals surface area contributed by atoms with Crippen molar-refractivity contribution in [2.45, 2.75) is 38.1 Å². The van der Waals surface area contributed by atoms with Gasteiger partial charge < -0.3 is 0 Å². The van der Waals surface area contributed by atoms with Crippen molar-refractivity contribution in [1.82, 2.24) is 11.0 Å². The molecule has 10 heavy (non-hydrogen) atoms. The fraction of sp³-hybridized carbons (Fsp3) is 1.00. The minimum Gasteiger partial charge on any atom is -0.290 e. The molecule has 0 spiro atoms. The van der Waals surface area contributed by atoms with Gasteiger partial charge in [-0.25, -0.2) is 5.43 Å². The van der Waals surface area contributed by atoms with E-state index in [0.29, 0.717) is 6.04 Å². The Hall–Kier alpha value is -0.120. The van der Waals surface area contributed by atoms with Crippen LogP contribution in [0.5, 0.6) is 0 Å². The fourth-order valence-corrected chi connectivity index (χ4v) is 1.39. The van der Waals surface area contributed by atoms with Gasteiger partial charge >= 0.3 is 0 Å². The number of rotatable bonds is 3. The van der Waals surface area contributed by atoms with E-state index >= 15 is 0 Å². The van der Waals surface area contributed by atoms with E-state index in [1.54, 1.807) is 7.11 Å². The second kappa shape index (κ2) is 4.66. The first kappa shape index (κ1) is 7.98. The first-order chi connectivity index (χ1) is 4.93. The van der Waals surface area contributed by atoms with Gasteiger partial charge in [-0.3, -0.25) is 4.84 Å². The highest BCUT2D eigenvalue weighted by molar-refractivity contribution is 4.68. The summed E-state index contributed by atoms with van der Waals surface area (Å²) in [6, 6.07) is 0.619. The molecule has 0 unspecified atom stereocenters. The summed E-state index contributed by atoms with van der Waals surface area (Å²) in [4.78, 5) is 4.68. The molecule has 0 amide bonds. The predicted molar refractivity (Wildman–Crippen MR) is 40.2 cm³/mol. The Morgan fingerprint density at radius 1 is 1.20 bits per heavy atom. The van der Waals surface area contributed by atoms with Gasteiger partial charge in [0.05, 0.1) is 7.11 Å². The lowest BCUT2D eigenvalue weighted by Crippen LogP contribution is -2.41. The number of hydrogen-bond donors (Lipinski definition) is 2. The van der Waals surface area contributed by atoms with Gasteiger partial charge in [0, 0.05) is 6.04 Å². The largest absolute Gasteiger partial charge is 0.290 e. The maximum Gasteiger partial charge on any atom is 0.0588 e. The molecule has 3 nitrogen and oxygen atoms in total. The van der Waals surface area contributed by atoms with Gasteiger partial charge in [-0.1, -0.05) is 19.3 Å². The number of hydrogen-bond acceptors (Lipinski definition) is 3. The van der Waals surface area contributed by atoms with Crippen molar-refractivity contribution in [3.63, 3.8) is 0 Å². The van der Waals surface area contributed by atoms with E-state index < -0.39 is 0 Å². The monoisotopic (exact) mass is 144 g/mol. The maximum absolute atomic E-state index is 4.68. The first-order valence-electron chi connectivity index (χ1n) is 3.97. The van der Waals surface area contributed by atoms with Crippen LogP contribution in [0, 0.1) is 0 Å². The second-order valence-electron chi connectivity index (χ2n) is 2.79. The van der Waals surface area contributed by atoms with Crippen molar-refractivity contribution in [2.75, 3.05) is 7.11 Å². The Morgan fingerprint density at radius 2 is 1.90 bits per heavy atom. The lowest BCUT2D eigenvalue weighted by atomic mass is 9.96. The molecule has 1 fully saturated rings. The van der Waals surface area contributed by atoms with Gasteiger partial charge in [-0.15, -0.1) is 5.59 Å². The smallest absolute Gasteiger partial charge is 0.0588 e. The van der Waals surface area contributed by atoms with Crippen molar-refractivity contribution in [3.8, 4) is 0 Å². The summed E-state index contributed by atoms with van der Waals surface area (Å²) < 4.78 is 0. The molecule has 1 aliphatic rings. The van der Waals surface area contributed by atoms with Gasteiger partial charge in [0.15, 0.2) is 0 Å². The van der Waals surface area contributed by atoms with Crippen LogP contribution in [0.15, 0.2) is 0 Å². The number of hydrazine groups is 1. The van der Waals surface area contributed by atoms with Crippen LogP contribution >= 0.6 is 0 Å². The third-order valence-electron chi connectivity index (χ3n) is 1.97. The number of nitrogens with one attached hydrogen (secondary N) is 2. The van der Waals surface area contributed by atoms with Crippen LogP contribution in [0.2, 0.25) is 0 Å². The molecule has 0 saturated heterocycles. The molecule has 1 saturated carbocycles. The standard InChI is InChI=1S/C7H16N2O/c1-10-9-8-7-5-3-2-4-6-7/h7-9H,2-6H2,1H3. The van der Waals surface area contributed by atoms with E-state index in [1.165, 1.54) is 32.1 Å². The minimum absolute atomic E-state index is 0.619. The Labute approximate surface area is 62.1 Å². The fourth-order valence-electron chi connectivity index (χ4n) is 1.39. The molecule has 0 aliphatic heterocycles. The van der Waals surface area contributed by atoms with Gasteiger partial charge in [-0.2, -0.15) is 0 Å². The second-order valence-corrected chi connectivity index (χ2v) is 2.79. The average Bonchev–Trinajstić information content (AvgIpc) is 2.03. The van der Waals surface area contributed by atoms with Crippen molar-refractivity contribution in [3.05, 3.63) is 0 Å². The van der Waals surface area contributed by atoms with E-state index in [4.69, 9.17) is 0 Å². The summed E-state index contributed by atoms with van der Waals surface area (Å²) in [6.45, 7) is 0. The summed E-state index contributed by atoms with van der Waals surface area (Å²) in [5.41, 5.74) is 5.77. The van der Waals surface area contributed by atoms with Crippen LogP contribution in [-0.2, 0) is 4.84 Å². The molecule has 0 aromatic rings. The molecule has 0 atom stereocenters. The van der Waals surface area contributed by atoms with Crippen molar-refractivity contribution in [2.24, 2.45) is 0 Å². The van der Waals surface area contributed by atoms with Crippen LogP contribution < -0.4 is 11.0 Å². The highest BCUT2D eigenvalue weighted by atomic mass is 16.7. The van der Waals surface area contributed by atoms with Crippen LogP contribution in [-0.4, -0.2) is 13.2 Å². The van der Waals surface area contributed by atoms with Crippen LogP contribution in [0.1, 0.15) is 32.1 Å². The van der Waals surface area contributed by atoms with Crippen LogP contribution in [0.4, 0.5) is 0 Å². The molecular formula is C7H16N2O.